The zero-order valence-electron chi connectivity index (χ0n) is 13.4. The first-order valence-electron chi connectivity index (χ1n) is 7.55. The molecule has 0 spiro atoms. The summed E-state index contributed by atoms with van der Waals surface area (Å²) in [6.07, 6.45) is 0.779. The summed E-state index contributed by atoms with van der Waals surface area (Å²) in [6, 6.07) is 6.28. The van der Waals surface area contributed by atoms with E-state index in [1.165, 1.54) is 12.1 Å². The largest absolute Gasteiger partial charge is 0.338 e. The Morgan fingerprint density at radius 1 is 1.32 bits per heavy atom. The number of amides is 1. The average Bonchev–Trinajstić information content (AvgIpc) is 2.49. The van der Waals surface area contributed by atoms with Crippen molar-refractivity contribution >= 4 is 15.7 Å². The summed E-state index contributed by atoms with van der Waals surface area (Å²) in [6.45, 7) is 6.98. The predicted octanol–water partition coefficient (Wildman–Crippen LogP) is 1.68. The van der Waals surface area contributed by atoms with Gasteiger partial charge in [0.1, 0.15) is 0 Å². The standard InChI is InChI=1S/C16H24N2O3S/c1-4-22(20,21)13-7-5-12(6-8-13)15(19)18-10-9-14(17)16(2,3)11-18/h5-8,14H,4,9-11,17H2,1-3H3. The van der Waals surface area contributed by atoms with E-state index in [2.05, 4.69) is 13.8 Å². The monoisotopic (exact) mass is 324 g/mol. The van der Waals surface area contributed by atoms with Gasteiger partial charge in [-0.15, -0.1) is 0 Å². The van der Waals surface area contributed by atoms with Crippen LogP contribution in [0.1, 0.15) is 37.6 Å². The van der Waals surface area contributed by atoms with Crippen LogP contribution < -0.4 is 5.73 Å². The number of carbonyl (C=O) groups excluding carboxylic acids is 1. The van der Waals surface area contributed by atoms with Crippen LogP contribution in [0.4, 0.5) is 0 Å². The van der Waals surface area contributed by atoms with Gasteiger partial charge in [-0.25, -0.2) is 8.42 Å². The molecular weight excluding hydrogens is 300 g/mol. The lowest BCUT2D eigenvalue weighted by Gasteiger charge is -2.42. The van der Waals surface area contributed by atoms with Crippen LogP contribution in [0.15, 0.2) is 29.2 Å². The molecule has 22 heavy (non-hydrogen) atoms. The number of carbonyl (C=O) groups is 1. The Bertz CT molecular complexity index is 650. The van der Waals surface area contributed by atoms with Gasteiger partial charge < -0.3 is 10.6 Å². The van der Waals surface area contributed by atoms with Crippen molar-refractivity contribution in [2.24, 2.45) is 11.1 Å². The Kier molecular flexibility index (Phi) is 4.63. The maximum Gasteiger partial charge on any atom is 0.253 e. The molecule has 1 unspecified atom stereocenters. The molecule has 0 aliphatic carbocycles. The second-order valence-corrected chi connectivity index (χ2v) is 8.82. The van der Waals surface area contributed by atoms with E-state index < -0.39 is 9.84 Å². The highest BCUT2D eigenvalue weighted by Gasteiger charge is 2.35. The summed E-state index contributed by atoms with van der Waals surface area (Å²) in [5, 5.41) is 0. The number of likely N-dealkylation sites (tertiary alicyclic amines) is 1. The minimum absolute atomic E-state index is 0.0541. The van der Waals surface area contributed by atoms with Crippen molar-refractivity contribution in [3.05, 3.63) is 29.8 Å². The molecule has 6 heteroatoms. The van der Waals surface area contributed by atoms with Crippen LogP contribution >= 0.6 is 0 Å². The molecule has 1 atom stereocenters. The summed E-state index contributed by atoms with van der Waals surface area (Å²) in [4.78, 5) is 14.6. The summed E-state index contributed by atoms with van der Waals surface area (Å²) in [7, 11) is -3.23. The number of sulfone groups is 1. The normalized spacial score (nSPS) is 21.6. The maximum absolute atomic E-state index is 12.6. The molecule has 1 amide bonds. The second kappa shape index (κ2) is 6.01. The number of nitrogens with zero attached hydrogens (tertiary/aromatic N) is 1. The van der Waals surface area contributed by atoms with Crippen molar-refractivity contribution in [3.8, 4) is 0 Å². The minimum atomic E-state index is -3.23. The number of benzene rings is 1. The quantitative estimate of drug-likeness (QED) is 0.917. The van der Waals surface area contributed by atoms with Gasteiger partial charge in [-0.2, -0.15) is 0 Å². The van der Waals surface area contributed by atoms with Crippen LogP contribution in [0.5, 0.6) is 0 Å². The fraction of sp³-hybridized carbons (Fsp3) is 0.562. The third kappa shape index (κ3) is 3.33. The molecule has 0 bridgehead atoms. The van der Waals surface area contributed by atoms with Crippen molar-refractivity contribution in [3.63, 3.8) is 0 Å². The van der Waals surface area contributed by atoms with Crippen LogP contribution in [0.3, 0.4) is 0 Å². The van der Waals surface area contributed by atoms with Crippen LogP contribution in [0.25, 0.3) is 0 Å². The van der Waals surface area contributed by atoms with Crippen molar-refractivity contribution in [1.82, 2.24) is 4.90 Å². The molecule has 1 aromatic rings. The maximum atomic E-state index is 12.6. The minimum Gasteiger partial charge on any atom is -0.338 e. The Hall–Kier alpha value is -1.40. The molecule has 1 aliphatic rings. The number of rotatable bonds is 3. The van der Waals surface area contributed by atoms with Gasteiger partial charge in [-0.1, -0.05) is 20.8 Å². The average molecular weight is 324 g/mol. The molecule has 0 aromatic heterocycles. The van der Waals surface area contributed by atoms with Crippen LogP contribution in [0.2, 0.25) is 0 Å². The smallest absolute Gasteiger partial charge is 0.253 e. The molecule has 1 aromatic carbocycles. The number of piperidine rings is 1. The van der Waals surface area contributed by atoms with E-state index in [0.717, 1.165) is 6.42 Å². The van der Waals surface area contributed by atoms with E-state index in [-0.39, 0.29) is 28.0 Å². The van der Waals surface area contributed by atoms with Gasteiger partial charge in [0.25, 0.3) is 5.91 Å². The van der Waals surface area contributed by atoms with Crippen LogP contribution in [-0.2, 0) is 9.84 Å². The fourth-order valence-electron chi connectivity index (χ4n) is 2.70. The van der Waals surface area contributed by atoms with E-state index in [1.807, 2.05) is 0 Å². The molecule has 1 saturated heterocycles. The van der Waals surface area contributed by atoms with E-state index in [0.29, 0.717) is 18.7 Å². The first-order chi connectivity index (χ1) is 10.2. The van der Waals surface area contributed by atoms with E-state index >= 15 is 0 Å². The van der Waals surface area contributed by atoms with Crippen LogP contribution in [-0.4, -0.2) is 44.1 Å². The highest BCUT2D eigenvalue weighted by atomic mass is 32.2. The highest BCUT2D eigenvalue weighted by Crippen LogP contribution is 2.28. The molecule has 1 aliphatic heterocycles. The summed E-state index contributed by atoms with van der Waals surface area (Å²) in [5.41, 5.74) is 6.50. The van der Waals surface area contributed by atoms with Crippen molar-refractivity contribution < 1.29 is 13.2 Å². The summed E-state index contributed by atoms with van der Waals surface area (Å²) < 4.78 is 23.6. The third-order valence-corrected chi connectivity index (χ3v) is 6.19. The molecule has 1 fully saturated rings. The van der Waals surface area contributed by atoms with E-state index in [1.54, 1.807) is 24.0 Å². The fourth-order valence-corrected chi connectivity index (χ4v) is 3.59. The Morgan fingerprint density at radius 3 is 2.41 bits per heavy atom. The first kappa shape index (κ1) is 17.0. The van der Waals surface area contributed by atoms with Gasteiger partial charge in [0.05, 0.1) is 10.6 Å². The molecule has 2 N–H and O–H groups in total. The van der Waals surface area contributed by atoms with Gasteiger partial charge in [0, 0.05) is 24.7 Å². The van der Waals surface area contributed by atoms with Crippen molar-refractivity contribution in [1.29, 1.82) is 0 Å². The number of hydrogen-bond donors (Lipinski definition) is 1. The zero-order valence-corrected chi connectivity index (χ0v) is 14.2. The van der Waals surface area contributed by atoms with Crippen molar-refractivity contribution in [2.45, 2.75) is 38.1 Å². The number of nitrogens with two attached hydrogens (primary N) is 1. The van der Waals surface area contributed by atoms with Gasteiger partial charge >= 0.3 is 0 Å². The van der Waals surface area contributed by atoms with Gasteiger partial charge in [0.15, 0.2) is 9.84 Å². The molecule has 5 nitrogen and oxygen atoms in total. The lowest BCUT2D eigenvalue weighted by Crippen LogP contribution is -2.53. The lowest BCUT2D eigenvalue weighted by molar-refractivity contribution is 0.0533. The van der Waals surface area contributed by atoms with Crippen LogP contribution in [0, 0.1) is 5.41 Å². The molecular formula is C16H24N2O3S. The van der Waals surface area contributed by atoms with Gasteiger partial charge in [-0.3, -0.25) is 4.79 Å². The van der Waals surface area contributed by atoms with E-state index in [4.69, 9.17) is 5.73 Å². The third-order valence-electron chi connectivity index (χ3n) is 4.44. The molecule has 122 valence electrons. The van der Waals surface area contributed by atoms with Gasteiger partial charge in [0.2, 0.25) is 0 Å². The summed E-state index contributed by atoms with van der Waals surface area (Å²) >= 11 is 0. The zero-order chi connectivity index (χ0) is 16.5. The summed E-state index contributed by atoms with van der Waals surface area (Å²) in [5.74, 6) is -0.0150. The Morgan fingerprint density at radius 2 is 1.91 bits per heavy atom. The Balaban J connectivity index is 2.17. The highest BCUT2D eigenvalue weighted by molar-refractivity contribution is 7.91. The SMILES string of the molecule is CCS(=O)(=O)c1ccc(C(=O)N2CCC(N)C(C)(C)C2)cc1. The molecule has 0 radical (unpaired) electrons. The lowest BCUT2D eigenvalue weighted by atomic mass is 9.79. The van der Waals surface area contributed by atoms with E-state index in [9.17, 15) is 13.2 Å². The first-order valence-corrected chi connectivity index (χ1v) is 9.20. The van der Waals surface area contributed by atoms with Crippen molar-refractivity contribution in [2.75, 3.05) is 18.8 Å². The molecule has 2 rings (SSSR count). The molecule has 1 heterocycles. The second-order valence-electron chi connectivity index (χ2n) is 6.54. The molecule has 0 saturated carbocycles. The van der Waals surface area contributed by atoms with Gasteiger partial charge in [-0.05, 0) is 36.1 Å². The topological polar surface area (TPSA) is 80.5 Å². The Labute approximate surface area is 132 Å². The number of hydrogen-bond acceptors (Lipinski definition) is 4. The predicted molar refractivity (Wildman–Crippen MR) is 86.4 cm³/mol.